The van der Waals surface area contributed by atoms with Gasteiger partial charge in [-0.2, -0.15) is 0 Å². The Morgan fingerprint density at radius 1 is 1.03 bits per heavy atom. The van der Waals surface area contributed by atoms with Gasteiger partial charge in [0.1, 0.15) is 6.54 Å². The lowest BCUT2D eigenvalue weighted by atomic mass is 9.96. The maximum absolute atomic E-state index is 12.6. The third kappa shape index (κ3) is 5.85. The van der Waals surface area contributed by atoms with Gasteiger partial charge in [-0.1, -0.05) is 67.1 Å². The van der Waals surface area contributed by atoms with Crippen LogP contribution in [0.15, 0.2) is 60.7 Å². The first-order valence-corrected chi connectivity index (χ1v) is 12.3. The number of hydrogen-bond acceptors (Lipinski definition) is 3. The summed E-state index contributed by atoms with van der Waals surface area (Å²) >= 11 is 0. The standard InChI is InChI=1S/C25H30N2O3S/c1-18-12-13-24(20(3)14-18)27(31(4,29)30)17-25(28)26-16-19(2)15-22-10-7-9-21-8-5-6-11-23(21)22/h5-14,19H,15-17H2,1-4H3,(H,26,28). The zero-order chi connectivity index (χ0) is 22.6. The number of benzene rings is 3. The molecule has 1 atom stereocenters. The molecule has 6 heteroatoms. The SMILES string of the molecule is Cc1ccc(N(CC(=O)NCC(C)Cc2cccc3ccccc23)S(C)(=O)=O)c(C)c1. The molecule has 0 bridgehead atoms. The van der Waals surface area contributed by atoms with Crippen molar-refractivity contribution >= 4 is 32.4 Å². The van der Waals surface area contributed by atoms with E-state index in [-0.39, 0.29) is 18.4 Å². The first kappa shape index (κ1) is 22.8. The van der Waals surface area contributed by atoms with E-state index in [1.54, 1.807) is 6.07 Å². The molecule has 0 aliphatic heterocycles. The van der Waals surface area contributed by atoms with Crippen LogP contribution in [0.2, 0.25) is 0 Å². The lowest BCUT2D eigenvalue weighted by molar-refractivity contribution is -0.119. The van der Waals surface area contributed by atoms with Crippen LogP contribution < -0.4 is 9.62 Å². The van der Waals surface area contributed by atoms with Crippen LogP contribution in [0.3, 0.4) is 0 Å². The maximum Gasteiger partial charge on any atom is 0.240 e. The lowest BCUT2D eigenvalue weighted by Gasteiger charge is -2.24. The smallest absolute Gasteiger partial charge is 0.240 e. The Labute approximate surface area is 185 Å². The van der Waals surface area contributed by atoms with Gasteiger partial charge in [0.2, 0.25) is 15.9 Å². The zero-order valence-corrected chi connectivity index (χ0v) is 19.4. The van der Waals surface area contributed by atoms with Crippen molar-refractivity contribution in [2.24, 2.45) is 5.92 Å². The average molecular weight is 439 g/mol. The van der Waals surface area contributed by atoms with Gasteiger partial charge in [-0.05, 0) is 54.2 Å². The molecule has 0 aliphatic carbocycles. The fourth-order valence-electron chi connectivity index (χ4n) is 3.86. The highest BCUT2D eigenvalue weighted by Crippen LogP contribution is 2.24. The van der Waals surface area contributed by atoms with Gasteiger partial charge in [0.25, 0.3) is 0 Å². The van der Waals surface area contributed by atoms with E-state index >= 15 is 0 Å². The minimum Gasteiger partial charge on any atom is -0.354 e. The summed E-state index contributed by atoms with van der Waals surface area (Å²) in [4.78, 5) is 12.6. The number of nitrogens with one attached hydrogen (secondary N) is 1. The number of aryl methyl sites for hydroxylation is 2. The van der Waals surface area contributed by atoms with E-state index in [1.165, 1.54) is 20.6 Å². The molecule has 3 aromatic carbocycles. The highest BCUT2D eigenvalue weighted by molar-refractivity contribution is 7.92. The van der Waals surface area contributed by atoms with E-state index < -0.39 is 10.0 Å². The van der Waals surface area contributed by atoms with Crippen LogP contribution >= 0.6 is 0 Å². The van der Waals surface area contributed by atoms with Crippen LogP contribution in [0.25, 0.3) is 10.8 Å². The maximum atomic E-state index is 12.6. The molecular formula is C25H30N2O3S. The molecule has 0 heterocycles. The van der Waals surface area contributed by atoms with Crippen molar-refractivity contribution in [1.29, 1.82) is 0 Å². The van der Waals surface area contributed by atoms with Gasteiger partial charge in [-0.15, -0.1) is 0 Å². The van der Waals surface area contributed by atoms with Gasteiger partial charge in [-0.25, -0.2) is 8.42 Å². The molecule has 1 amide bonds. The second kappa shape index (κ2) is 9.52. The van der Waals surface area contributed by atoms with E-state index in [0.29, 0.717) is 12.2 Å². The Morgan fingerprint density at radius 2 is 1.74 bits per heavy atom. The number of rotatable bonds is 8. The second-order valence-electron chi connectivity index (χ2n) is 8.31. The minimum absolute atomic E-state index is 0.211. The third-order valence-electron chi connectivity index (χ3n) is 5.40. The summed E-state index contributed by atoms with van der Waals surface area (Å²) in [5, 5.41) is 5.33. The number of hydrogen-bond donors (Lipinski definition) is 1. The minimum atomic E-state index is -3.59. The first-order chi connectivity index (χ1) is 14.6. The Morgan fingerprint density at radius 3 is 2.45 bits per heavy atom. The van der Waals surface area contributed by atoms with Crippen LogP contribution in [-0.2, 0) is 21.2 Å². The van der Waals surface area contributed by atoms with Crippen LogP contribution in [0.5, 0.6) is 0 Å². The first-order valence-electron chi connectivity index (χ1n) is 10.4. The molecule has 5 nitrogen and oxygen atoms in total. The number of nitrogens with zero attached hydrogens (tertiary/aromatic N) is 1. The molecule has 1 unspecified atom stereocenters. The van der Waals surface area contributed by atoms with E-state index in [4.69, 9.17) is 0 Å². The normalized spacial score (nSPS) is 12.5. The fourth-order valence-corrected chi connectivity index (χ4v) is 4.77. The van der Waals surface area contributed by atoms with Crippen molar-refractivity contribution in [1.82, 2.24) is 5.32 Å². The quantitative estimate of drug-likeness (QED) is 0.573. The van der Waals surface area contributed by atoms with Gasteiger partial charge in [0.05, 0.1) is 11.9 Å². The van der Waals surface area contributed by atoms with Crippen molar-refractivity contribution in [3.05, 3.63) is 77.4 Å². The summed E-state index contributed by atoms with van der Waals surface area (Å²) in [6.07, 6.45) is 1.96. The van der Waals surface area contributed by atoms with Crippen LogP contribution in [0.1, 0.15) is 23.6 Å². The zero-order valence-electron chi connectivity index (χ0n) is 18.6. The van der Waals surface area contributed by atoms with Crippen molar-refractivity contribution in [3.63, 3.8) is 0 Å². The Balaban J connectivity index is 1.65. The summed E-state index contributed by atoms with van der Waals surface area (Å²) in [5.41, 5.74) is 3.64. The molecular weight excluding hydrogens is 408 g/mol. The van der Waals surface area contributed by atoms with E-state index in [1.807, 2.05) is 38.1 Å². The van der Waals surface area contributed by atoms with Crippen molar-refractivity contribution < 1.29 is 13.2 Å². The number of carbonyl (C=O) groups excluding carboxylic acids is 1. The second-order valence-corrected chi connectivity index (χ2v) is 10.2. The molecule has 1 N–H and O–H groups in total. The van der Waals surface area contributed by atoms with Crippen LogP contribution in [0.4, 0.5) is 5.69 Å². The summed E-state index contributed by atoms with van der Waals surface area (Å²) < 4.78 is 25.9. The monoisotopic (exact) mass is 438 g/mol. The molecule has 0 aliphatic rings. The lowest BCUT2D eigenvalue weighted by Crippen LogP contribution is -2.42. The summed E-state index contributed by atoms with van der Waals surface area (Å²) in [6.45, 7) is 6.13. The number of sulfonamides is 1. The number of fused-ring (bicyclic) bond motifs is 1. The highest BCUT2D eigenvalue weighted by atomic mass is 32.2. The molecule has 0 fully saturated rings. The largest absolute Gasteiger partial charge is 0.354 e. The predicted molar refractivity (Wildman–Crippen MR) is 128 cm³/mol. The number of anilines is 1. The van der Waals surface area contributed by atoms with Crippen molar-refractivity contribution in [3.8, 4) is 0 Å². The Hall–Kier alpha value is -2.86. The van der Waals surface area contributed by atoms with Gasteiger partial charge < -0.3 is 5.32 Å². The third-order valence-corrected chi connectivity index (χ3v) is 6.53. The molecule has 31 heavy (non-hydrogen) atoms. The summed E-state index contributed by atoms with van der Waals surface area (Å²) in [5.74, 6) is -0.0993. The molecule has 3 rings (SSSR count). The molecule has 0 radical (unpaired) electrons. The topological polar surface area (TPSA) is 66.5 Å². The molecule has 0 saturated heterocycles. The molecule has 0 spiro atoms. The highest BCUT2D eigenvalue weighted by Gasteiger charge is 2.22. The number of amides is 1. The van der Waals surface area contributed by atoms with Crippen molar-refractivity contribution in [2.75, 3.05) is 23.7 Å². The number of carbonyl (C=O) groups is 1. The molecule has 0 aromatic heterocycles. The van der Waals surface area contributed by atoms with Gasteiger partial charge in [-0.3, -0.25) is 9.10 Å². The van der Waals surface area contributed by atoms with Crippen molar-refractivity contribution in [2.45, 2.75) is 27.2 Å². The van der Waals surface area contributed by atoms with E-state index in [0.717, 1.165) is 23.8 Å². The van der Waals surface area contributed by atoms with Crippen LogP contribution in [0, 0.1) is 19.8 Å². The molecule has 164 valence electrons. The summed E-state index contributed by atoms with van der Waals surface area (Å²) in [7, 11) is -3.59. The molecule has 3 aromatic rings. The van der Waals surface area contributed by atoms with Gasteiger partial charge in [0.15, 0.2) is 0 Å². The van der Waals surface area contributed by atoms with E-state index in [9.17, 15) is 13.2 Å². The van der Waals surface area contributed by atoms with Gasteiger partial charge >= 0.3 is 0 Å². The van der Waals surface area contributed by atoms with Gasteiger partial charge in [0, 0.05) is 6.54 Å². The predicted octanol–water partition coefficient (Wildman–Crippen LogP) is 4.22. The Bertz CT molecular complexity index is 1180. The average Bonchev–Trinajstić information content (AvgIpc) is 2.70. The van der Waals surface area contributed by atoms with Crippen LogP contribution in [-0.4, -0.2) is 33.7 Å². The summed E-state index contributed by atoms with van der Waals surface area (Å²) in [6, 6.07) is 20.1. The Kier molecular flexibility index (Phi) is 7.01. The molecule has 0 saturated carbocycles. The van der Waals surface area contributed by atoms with E-state index in [2.05, 4.69) is 42.6 Å². The fraction of sp³-hybridized carbons (Fsp3) is 0.320.